The van der Waals surface area contributed by atoms with E-state index in [9.17, 15) is 4.79 Å². The molecule has 1 rings (SSSR count). The van der Waals surface area contributed by atoms with Crippen molar-refractivity contribution in [3.8, 4) is 0 Å². The van der Waals surface area contributed by atoms with Crippen LogP contribution in [0.1, 0.15) is 20.3 Å². The summed E-state index contributed by atoms with van der Waals surface area (Å²) in [5.74, 6) is 0.574. The van der Waals surface area contributed by atoms with Gasteiger partial charge >= 0.3 is 0 Å². The van der Waals surface area contributed by atoms with E-state index in [1.807, 2.05) is 11.8 Å². The van der Waals surface area contributed by atoms with E-state index in [1.54, 1.807) is 7.11 Å². The van der Waals surface area contributed by atoms with Crippen LogP contribution in [0.4, 0.5) is 0 Å². The number of nitrogens with zero attached hydrogens (tertiary/aromatic N) is 1. The molecule has 0 unspecified atom stereocenters. The minimum atomic E-state index is 0.0169. The number of ether oxygens (including phenoxy) is 1. The van der Waals surface area contributed by atoms with Gasteiger partial charge in [0.05, 0.1) is 12.1 Å². The van der Waals surface area contributed by atoms with Crippen molar-refractivity contribution in [3.05, 3.63) is 12.7 Å². The summed E-state index contributed by atoms with van der Waals surface area (Å²) in [6.07, 6.45) is 2.51. The van der Waals surface area contributed by atoms with Crippen LogP contribution in [0.15, 0.2) is 12.7 Å². The van der Waals surface area contributed by atoms with Crippen molar-refractivity contribution >= 4 is 5.91 Å². The minimum Gasteiger partial charge on any atom is -0.380 e. The minimum absolute atomic E-state index is 0.0169. The molecular formula is C11H19NO2. The molecule has 1 heterocycles. The zero-order chi connectivity index (χ0) is 10.7. The molecule has 1 fully saturated rings. The maximum absolute atomic E-state index is 11.5. The molecule has 0 bridgehead atoms. The van der Waals surface area contributed by atoms with E-state index < -0.39 is 0 Å². The van der Waals surface area contributed by atoms with Gasteiger partial charge in [0.2, 0.25) is 5.91 Å². The molecule has 14 heavy (non-hydrogen) atoms. The van der Waals surface area contributed by atoms with Crippen LogP contribution in [-0.2, 0) is 9.53 Å². The first-order valence-electron chi connectivity index (χ1n) is 5.06. The summed E-state index contributed by atoms with van der Waals surface area (Å²) in [6, 6.07) is 0.209. The van der Waals surface area contributed by atoms with Gasteiger partial charge in [-0.1, -0.05) is 13.5 Å². The monoisotopic (exact) mass is 197 g/mol. The summed E-state index contributed by atoms with van der Waals surface area (Å²) in [7, 11) is 1.68. The smallest absolute Gasteiger partial charge is 0.246 e. The average molecular weight is 197 g/mol. The zero-order valence-corrected chi connectivity index (χ0v) is 9.19. The Balaban J connectivity index is 2.71. The molecule has 3 atom stereocenters. The summed E-state index contributed by atoms with van der Waals surface area (Å²) in [4.78, 5) is 13.4. The lowest BCUT2D eigenvalue weighted by atomic mass is 10.0. The van der Waals surface area contributed by atoms with Crippen LogP contribution >= 0.6 is 0 Å². The molecule has 0 saturated carbocycles. The highest BCUT2D eigenvalue weighted by molar-refractivity contribution is 5.87. The molecule has 1 aliphatic rings. The van der Waals surface area contributed by atoms with E-state index >= 15 is 0 Å². The molecule has 1 aliphatic heterocycles. The predicted octanol–water partition coefficient (Wildman–Crippen LogP) is 1.44. The number of likely N-dealkylation sites (tertiary alicyclic amines) is 1. The van der Waals surface area contributed by atoms with Gasteiger partial charge in [0, 0.05) is 13.7 Å². The fourth-order valence-electron chi connectivity index (χ4n) is 2.06. The Morgan fingerprint density at radius 2 is 2.36 bits per heavy atom. The van der Waals surface area contributed by atoms with E-state index in [-0.39, 0.29) is 18.1 Å². The van der Waals surface area contributed by atoms with Gasteiger partial charge in [-0.2, -0.15) is 0 Å². The summed E-state index contributed by atoms with van der Waals surface area (Å²) in [5, 5.41) is 0. The summed E-state index contributed by atoms with van der Waals surface area (Å²) in [5.41, 5.74) is 0. The Morgan fingerprint density at radius 1 is 1.71 bits per heavy atom. The van der Waals surface area contributed by atoms with Gasteiger partial charge in [0.25, 0.3) is 0 Å². The predicted molar refractivity (Wildman–Crippen MR) is 56.0 cm³/mol. The zero-order valence-electron chi connectivity index (χ0n) is 9.19. The van der Waals surface area contributed by atoms with Gasteiger partial charge in [-0.25, -0.2) is 0 Å². The largest absolute Gasteiger partial charge is 0.380 e. The Kier molecular flexibility index (Phi) is 3.69. The van der Waals surface area contributed by atoms with Crippen molar-refractivity contribution in [2.75, 3.05) is 13.7 Å². The average Bonchev–Trinajstić information content (AvgIpc) is 2.58. The van der Waals surface area contributed by atoms with E-state index in [4.69, 9.17) is 4.74 Å². The van der Waals surface area contributed by atoms with Crippen molar-refractivity contribution < 1.29 is 9.53 Å². The van der Waals surface area contributed by atoms with Gasteiger partial charge in [-0.15, -0.1) is 0 Å². The molecule has 0 aromatic rings. The van der Waals surface area contributed by atoms with Crippen molar-refractivity contribution in [2.24, 2.45) is 5.92 Å². The van der Waals surface area contributed by atoms with Crippen LogP contribution in [0, 0.1) is 5.92 Å². The number of rotatable bonds is 3. The second kappa shape index (κ2) is 4.60. The molecule has 80 valence electrons. The first kappa shape index (κ1) is 11.2. The van der Waals surface area contributed by atoms with Gasteiger partial charge in [-0.05, 0) is 25.3 Å². The third-order valence-corrected chi connectivity index (χ3v) is 2.92. The van der Waals surface area contributed by atoms with Gasteiger partial charge in [0.15, 0.2) is 0 Å². The molecule has 0 radical (unpaired) electrons. The van der Waals surface area contributed by atoms with E-state index in [2.05, 4.69) is 13.5 Å². The van der Waals surface area contributed by atoms with Crippen LogP contribution in [0.5, 0.6) is 0 Å². The molecule has 1 amide bonds. The highest BCUT2D eigenvalue weighted by atomic mass is 16.5. The Bertz CT molecular complexity index is 227. The molecule has 0 N–H and O–H groups in total. The van der Waals surface area contributed by atoms with E-state index in [0.717, 1.165) is 13.0 Å². The summed E-state index contributed by atoms with van der Waals surface area (Å²) in [6.45, 7) is 8.50. The fraction of sp³-hybridized carbons (Fsp3) is 0.727. The third kappa shape index (κ3) is 2.15. The lowest BCUT2D eigenvalue weighted by molar-refractivity contribution is -0.129. The molecule has 3 heteroatoms. The topological polar surface area (TPSA) is 29.5 Å². The second-order valence-corrected chi connectivity index (χ2v) is 4.04. The molecule has 0 spiro atoms. The quantitative estimate of drug-likeness (QED) is 0.641. The Labute approximate surface area is 85.7 Å². The number of carbonyl (C=O) groups excluding carboxylic acids is 1. The van der Waals surface area contributed by atoms with Crippen LogP contribution in [-0.4, -0.2) is 36.6 Å². The molecule has 0 aromatic heterocycles. The lowest BCUT2D eigenvalue weighted by Gasteiger charge is -2.27. The number of amides is 1. The fourth-order valence-corrected chi connectivity index (χ4v) is 2.06. The van der Waals surface area contributed by atoms with Gasteiger partial charge in [-0.3, -0.25) is 4.79 Å². The van der Waals surface area contributed by atoms with Crippen LogP contribution < -0.4 is 0 Å². The molecule has 3 nitrogen and oxygen atoms in total. The highest BCUT2D eigenvalue weighted by Gasteiger charge is 2.35. The maximum Gasteiger partial charge on any atom is 0.246 e. The third-order valence-electron chi connectivity index (χ3n) is 2.92. The first-order valence-corrected chi connectivity index (χ1v) is 5.06. The Hall–Kier alpha value is -0.830. The highest BCUT2D eigenvalue weighted by Crippen LogP contribution is 2.26. The lowest BCUT2D eigenvalue weighted by Crippen LogP contribution is -2.41. The number of carbonyl (C=O) groups is 1. The van der Waals surface area contributed by atoms with Crippen molar-refractivity contribution in [1.29, 1.82) is 0 Å². The second-order valence-electron chi connectivity index (χ2n) is 4.04. The molecule has 1 saturated heterocycles. The standard InChI is InChI=1S/C11H19NO2/c1-5-11(13)12-7-8(2)6-10(12)9(3)14-4/h5,8-10H,1,6-7H2,2-4H3/t8-,9-,10+/m0/s1. The normalized spacial score (nSPS) is 28.9. The van der Waals surface area contributed by atoms with Crippen LogP contribution in [0.2, 0.25) is 0 Å². The van der Waals surface area contributed by atoms with Gasteiger partial charge < -0.3 is 9.64 Å². The molecule has 0 aromatic carbocycles. The van der Waals surface area contributed by atoms with Gasteiger partial charge in [0.1, 0.15) is 0 Å². The number of hydrogen-bond acceptors (Lipinski definition) is 2. The van der Waals surface area contributed by atoms with Crippen LogP contribution in [0.25, 0.3) is 0 Å². The maximum atomic E-state index is 11.5. The summed E-state index contributed by atoms with van der Waals surface area (Å²) >= 11 is 0. The Morgan fingerprint density at radius 3 is 2.86 bits per heavy atom. The van der Waals surface area contributed by atoms with E-state index in [1.165, 1.54) is 6.08 Å². The summed E-state index contributed by atoms with van der Waals surface area (Å²) < 4.78 is 5.28. The van der Waals surface area contributed by atoms with Crippen molar-refractivity contribution in [1.82, 2.24) is 4.90 Å². The number of methoxy groups -OCH3 is 1. The SMILES string of the molecule is C=CC(=O)N1C[C@@H](C)C[C@@H]1[C@H](C)OC. The first-order chi connectivity index (χ1) is 6.60. The number of hydrogen-bond donors (Lipinski definition) is 0. The van der Waals surface area contributed by atoms with E-state index in [0.29, 0.717) is 5.92 Å². The van der Waals surface area contributed by atoms with Crippen molar-refractivity contribution in [2.45, 2.75) is 32.4 Å². The van der Waals surface area contributed by atoms with Crippen LogP contribution in [0.3, 0.4) is 0 Å². The molecular weight excluding hydrogens is 178 g/mol. The molecule has 0 aliphatic carbocycles. The van der Waals surface area contributed by atoms with Crippen molar-refractivity contribution in [3.63, 3.8) is 0 Å².